The second kappa shape index (κ2) is 7.58. The van der Waals surface area contributed by atoms with Crippen LogP contribution in [0.2, 0.25) is 0 Å². The molecule has 0 unspecified atom stereocenters. The monoisotopic (exact) mass is 382 g/mol. The van der Waals surface area contributed by atoms with Crippen LogP contribution in [0, 0.1) is 11.3 Å². The van der Waals surface area contributed by atoms with Crippen molar-refractivity contribution in [1.29, 1.82) is 5.26 Å². The van der Waals surface area contributed by atoms with Crippen LogP contribution in [0.4, 0.5) is 18.9 Å². The molecule has 2 aromatic carbocycles. The minimum atomic E-state index is -4.57. The molecule has 1 amide bonds. The summed E-state index contributed by atoms with van der Waals surface area (Å²) in [6.45, 7) is 0. The number of halogens is 3. The topological polar surface area (TPSA) is 87.0 Å². The van der Waals surface area contributed by atoms with E-state index in [9.17, 15) is 26.4 Å². The maximum atomic E-state index is 12.6. The summed E-state index contributed by atoms with van der Waals surface area (Å²) in [7, 11) is -3.83. The quantitative estimate of drug-likeness (QED) is 0.861. The minimum absolute atomic E-state index is 0.140. The van der Waals surface area contributed by atoms with E-state index in [-0.39, 0.29) is 5.69 Å². The Labute approximate surface area is 148 Å². The molecule has 1 N–H and O–H groups in total. The number of hydrogen-bond donors (Lipinski definition) is 1. The number of benzene rings is 2. The van der Waals surface area contributed by atoms with Crippen LogP contribution in [0.1, 0.15) is 16.7 Å². The predicted molar refractivity (Wildman–Crippen MR) is 88.7 cm³/mol. The molecule has 0 spiro atoms. The first-order chi connectivity index (χ1) is 12.1. The molecule has 0 aromatic heterocycles. The number of carbonyl (C=O) groups is 1. The highest BCUT2D eigenvalue weighted by Gasteiger charge is 2.30. The summed E-state index contributed by atoms with van der Waals surface area (Å²) in [4.78, 5) is 11.9. The van der Waals surface area contributed by atoms with Crippen molar-refractivity contribution in [3.05, 3.63) is 65.2 Å². The summed E-state index contributed by atoms with van der Waals surface area (Å²) in [5.41, 5.74) is -0.321. The van der Waals surface area contributed by atoms with Gasteiger partial charge >= 0.3 is 6.18 Å². The summed E-state index contributed by atoms with van der Waals surface area (Å²) in [5, 5.41) is 10.9. The van der Waals surface area contributed by atoms with E-state index in [1.807, 2.05) is 6.07 Å². The maximum Gasteiger partial charge on any atom is 0.416 e. The van der Waals surface area contributed by atoms with Crippen LogP contribution >= 0.6 is 0 Å². The van der Waals surface area contributed by atoms with Crippen molar-refractivity contribution < 1.29 is 26.4 Å². The van der Waals surface area contributed by atoms with E-state index < -0.39 is 39.0 Å². The van der Waals surface area contributed by atoms with Crippen LogP contribution in [0.5, 0.6) is 0 Å². The molecule has 0 atom stereocenters. The van der Waals surface area contributed by atoms with Gasteiger partial charge in [0.1, 0.15) is 5.75 Å². The molecular formula is C17H13F3N2O3S. The van der Waals surface area contributed by atoms with Gasteiger partial charge < -0.3 is 5.32 Å². The number of sulfone groups is 1. The summed E-state index contributed by atoms with van der Waals surface area (Å²) in [6, 6.07) is 11.6. The number of alkyl halides is 3. The molecule has 0 heterocycles. The van der Waals surface area contributed by atoms with Gasteiger partial charge in [-0.2, -0.15) is 18.4 Å². The van der Waals surface area contributed by atoms with Crippen molar-refractivity contribution in [3.8, 4) is 6.07 Å². The number of carbonyl (C=O) groups excluding carboxylic acids is 1. The molecule has 9 heteroatoms. The van der Waals surface area contributed by atoms with Crippen molar-refractivity contribution in [3.63, 3.8) is 0 Å². The molecule has 0 aliphatic heterocycles. The Hall–Kier alpha value is -2.86. The van der Waals surface area contributed by atoms with E-state index in [1.165, 1.54) is 30.3 Å². The summed E-state index contributed by atoms with van der Waals surface area (Å²) in [5.74, 6) is -2.23. The van der Waals surface area contributed by atoms with E-state index in [2.05, 4.69) is 5.32 Å². The Morgan fingerprint density at radius 2 is 1.77 bits per heavy atom. The van der Waals surface area contributed by atoms with Gasteiger partial charge in [0.05, 0.1) is 22.9 Å². The fraction of sp³-hybridized carbons (Fsp3) is 0.176. The first-order valence-corrected chi connectivity index (χ1v) is 9.08. The van der Waals surface area contributed by atoms with Gasteiger partial charge in [0.25, 0.3) is 0 Å². The number of rotatable bonds is 5. The Bertz CT molecular complexity index is 946. The first kappa shape index (κ1) is 19.5. The third kappa shape index (κ3) is 5.60. The van der Waals surface area contributed by atoms with Gasteiger partial charge in [-0.1, -0.05) is 18.2 Å². The van der Waals surface area contributed by atoms with E-state index in [1.54, 1.807) is 0 Å². The van der Waals surface area contributed by atoms with Crippen molar-refractivity contribution in [2.75, 3.05) is 11.1 Å². The lowest BCUT2D eigenvalue weighted by Crippen LogP contribution is -2.24. The average molecular weight is 382 g/mol. The Kier molecular flexibility index (Phi) is 5.67. The van der Waals surface area contributed by atoms with E-state index >= 15 is 0 Å². The van der Waals surface area contributed by atoms with Gasteiger partial charge in [0.15, 0.2) is 9.84 Å². The van der Waals surface area contributed by atoms with Gasteiger partial charge in [-0.3, -0.25) is 4.79 Å². The van der Waals surface area contributed by atoms with Crippen LogP contribution in [0.3, 0.4) is 0 Å². The van der Waals surface area contributed by atoms with Crippen LogP contribution in [-0.4, -0.2) is 20.1 Å². The molecule has 0 radical (unpaired) electrons. The van der Waals surface area contributed by atoms with Crippen LogP contribution in [0.15, 0.2) is 48.5 Å². The lowest BCUT2D eigenvalue weighted by molar-refractivity contribution is -0.137. The number of anilines is 1. The number of amides is 1. The largest absolute Gasteiger partial charge is 0.416 e. The van der Waals surface area contributed by atoms with E-state index in [4.69, 9.17) is 5.26 Å². The highest BCUT2D eigenvalue weighted by Crippen LogP contribution is 2.30. The average Bonchev–Trinajstić information content (AvgIpc) is 2.54. The number of nitriles is 1. The standard InChI is InChI=1S/C17H13F3N2O3S/c18-17(19,20)14-2-1-3-15(8-14)22-16(23)11-26(24,25)10-13-6-4-12(9-21)5-7-13/h1-8H,10-11H2,(H,22,23). The molecular weight excluding hydrogens is 369 g/mol. The fourth-order valence-electron chi connectivity index (χ4n) is 2.15. The van der Waals surface area contributed by atoms with Gasteiger partial charge in [-0.05, 0) is 35.9 Å². The zero-order chi connectivity index (χ0) is 19.4. The van der Waals surface area contributed by atoms with Gasteiger partial charge in [0, 0.05) is 5.69 Å². The van der Waals surface area contributed by atoms with Crippen LogP contribution in [-0.2, 0) is 26.6 Å². The van der Waals surface area contributed by atoms with E-state index in [0.717, 1.165) is 18.2 Å². The Morgan fingerprint density at radius 1 is 1.12 bits per heavy atom. The highest BCUT2D eigenvalue weighted by atomic mass is 32.2. The second-order valence-electron chi connectivity index (χ2n) is 5.47. The third-order valence-electron chi connectivity index (χ3n) is 3.29. The Morgan fingerprint density at radius 3 is 2.35 bits per heavy atom. The minimum Gasteiger partial charge on any atom is -0.325 e. The number of nitrogens with one attached hydrogen (secondary N) is 1. The molecule has 2 rings (SSSR count). The van der Waals surface area contributed by atoms with Gasteiger partial charge in [-0.25, -0.2) is 8.42 Å². The lowest BCUT2D eigenvalue weighted by atomic mass is 10.2. The molecule has 136 valence electrons. The first-order valence-electron chi connectivity index (χ1n) is 7.26. The van der Waals surface area contributed by atoms with Crippen LogP contribution in [0.25, 0.3) is 0 Å². The fourth-order valence-corrected chi connectivity index (χ4v) is 3.42. The molecule has 0 aliphatic carbocycles. The van der Waals surface area contributed by atoms with Crippen molar-refractivity contribution in [2.24, 2.45) is 0 Å². The molecule has 0 fully saturated rings. The zero-order valence-corrected chi connectivity index (χ0v) is 14.1. The SMILES string of the molecule is N#Cc1ccc(CS(=O)(=O)CC(=O)Nc2cccc(C(F)(F)F)c2)cc1. The third-order valence-corrected chi connectivity index (χ3v) is 4.77. The molecule has 5 nitrogen and oxygen atoms in total. The molecule has 0 saturated carbocycles. The summed E-state index contributed by atoms with van der Waals surface area (Å²) in [6.07, 6.45) is -4.57. The molecule has 26 heavy (non-hydrogen) atoms. The second-order valence-corrected chi connectivity index (χ2v) is 7.53. The Balaban J connectivity index is 2.03. The number of nitrogens with zero attached hydrogens (tertiary/aromatic N) is 1. The molecule has 0 bridgehead atoms. The summed E-state index contributed by atoms with van der Waals surface area (Å²) >= 11 is 0. The highest BCUT2D eigenvalue weighted by molar-refractivity contribution is 7.91. The van der Waals surface area contributed by atoms with E-state index in [0.29, 0.717) is 11.1 Å². The number of hydrogen-bond acceptors (Lipinski definition) is 4. The zero-order valence-electron chi connectivity index (χ0n) is 13.2. The van der Waals surface area contributed by atoms with Gasteiger partial charge in [-0.15, -0.1) is 0 Å². The van der Waals surface area contributed by atoms with Crippen molar-refractivity contribution in [1.82, 2.24) is 0 Å². The summed E-state index contributed by atoms with van der Waals surface area (Å²) < 4.78 is 62.1. The predicted octanol–water partition coefficient (Wildman–Crippen LogP) is 3.13. The maximum absolute atomic E-state index is 12.6. The van der Waals surface area contributed by atoms with Crippen LogP contribution < -0.4 is 5.32 Å². The molecule has 2 aromatic rings. The lowest BCUT2D eigenvalue weighted by Gasteiger charge is -2.10. The molecule has 0 aliphatic rings. The van der Waals surface area contributed by atoms with Crippen molar-refractivity contribution in [2.45, 2.75) is 11.9 Å². The van der Waals surface area contributed by atoms with Gasteiger partial charge in [0.2, 0.25) is 5.91 Å². The normalized spacial score (nSPS) is 11.6. The van der Waals surface area contributed by atoms with Crippen molar-refractivity contribution >= 4 is 21.4 Å². The smallest absolute Gasteiger partial charge is 0.325 e. The molecule has 0 saturated heterocycles.